The maximum absolute atomic E-state index is 10.8. The van der Waals surface area contributed by atoms with Crippen molar-refractivity contribution in [3.8, 4) is 0 Å². The van der Waals surface area contributed by atoms with E-state index in [0.717, 1.165) is 5.69 Å². The van der Waals surface area contributed by atoms with Gasteiger partial charge in [0.05, 0.1) is 30.5 Å². The highest BCUT2D eigenvalue weighted by Gasteiger charge is 2.41. The Morgan fingerprint density at radius 1 is 0.960 bits per heavy atom. The van der Waals surface area contributed by atoms with E-state index in [1.54, 1.807) is 6.33 Å². The van der Waals surface area contributed by atoms with Crippen molar-refractivity contribution in [1.82, 2.24) is 29.1 Å². The first-order valence-corrected chi connectivity index (χ1v) is 16.1. The van der Waals surface area contributed by atoms with Crippen LogP contribution in [0.25, 0.3) is 11.2 Å². The summed E-state index contributed by atoms with van der Waals surface area (Å²) in [7, 11) is 0. The summed E-state index contributed by atoms with van der Waals surface area (Å²) in [6, 6.07) is 20.1. The SMILES string of the molecule is CC(C)n1cnc(CCNc2nc(NCC(c3ccccc3)c3ccccc3)c3ncn([C@@H]4C[C@H](N)[C@@H](O)[C@H]4O)c3n2)c1.O=C(O)C(F)(F)F. The molecule has 7 N–H and O–H groups in total. The summed E-state index contributed by atoms with van der Waals surface area (Å²) in [4.78, 5) is 27.7. The summed E-state index contributed by atoms with van der Waals surface area (Å²) in [6.07, 6.45) is -0.444. The van der Waals surface area contributed by atoms with Crippen LogP contribution in [0.1, 0.15) is 55.1 Å². The van der Waals surface area contributed by atoms with Crippen molar-refractivity contribution in [3.63, 3.8) is 0 Å². The van der Waals surface area contributed by atoms with E-state index in [2.05, 4.69) is 69.5 Å². The number of fused-ring (bicyclic) bond motifs is 1. The van der Waals surface area contributed by atoms with Gasteiger partial charge in [-0.15, -0.1) is 0 Å². The number of aliphatic hydroxyl groups excluding tert-OH is 2. The number of nitrogens with zero attached hydrogens (tertiary/aromatic N) is 6. The number of rotatable bonds is 11. The molecule has 1 saturated carbocycles. The van der Waals surface area contributed by atoms with E-state index >= 15 is 0 Å². The molecule has 0 spiro atoms. The van der Waals surface area contributed by atoms with Crippen LogP contribution in [0.15, 0.2) is 79.5 Å². The molecule has 13 nitrogen and oxygen atoms in total. The van der Waals surface area contributed by atoms with E-state index < -0.39 is 36.4 Å². The molecule has 6 rings (SSSR count). The number of hydrogen-bond donors (Lipinski definition) is 6. The highest BCUT2D eigenvalue weighted by atomic mass is 19.4. The Labute approximate surface area is 286 Å². The topological polar surface area (TPSA) is 189 Å². The number of halogens is 3. The average Bonchev–Trinajstić information content (AvgIpc) is 3.81. The molecule has 1 aliphatic rings. The number of anilines is 2. The van der Waals surface area contributed by atoms with E-state index in [-0.39, 0.29) is 5.92 Å². The Morgan fingerprint density at radius 3 is 2.10 bits per heavy atom. The van der Waals surface area contributed by atoms with Crippen LogP contribution in [0.3, 0.4) is 0 Å². The Morgan fingerprint density at radius 2 is 1.58 bits per heavy atom. The zero-order valence-corrected chi connectivity index (χ0v) is 27.4. The second kappa shape index (κ2) is 15.7. The lowest BCUT2D eigenvalue weighted by molar-refractivity contribution is -0.192. The Kier molecular flexibility index (Phi) is 11.3. The maximum Gasteiger partial charge on any atom is 0.490 e. The average molecular weight is 696 g/mol. The monoisotopic (exact) mass is 695 g/mol. The maximum atomic E-state index is 10.8. The number of benzene rings is 2. The molecule has 3 heterocycles. The molecule has 1 aliphatic carbocycles. The summed E-state index contributed by atoms with van der Waals surface area (Å²) in [6.45, 7) is 5.41. The number of aliphatic carboxylic acids is 1. The molecule has 0 unspecified atom stereocenters. The molecule has 0 aliphatic heterocycles. The summed E-state index contributed by atoms with van der Waals surface area (Å²) in [5.74, 6) is -1.66. The van der Waals surface area contributed by atoms with Gasteiger partial charge in [-0.2, -0.15) is 23.1 Å². The van der Waals surface area contributed by atoms with Gasteiger partial charge in [-0.05, 0) is 31.4 Å². The van der Waals surface area contributed by atoms with Gasteiger partial charge in [-0.3, -0.25) is 0 Å². The quantitative estimate of drug-likeness (QED) is 0.117. The van der Waals surface area contributed by atoms with Crippen molar-refractivity contribution in [2.45, 2.75) is 69.1 Å². The zero-order chi connectivity index (χ0) is 36.0. The summed E-state index contributed by atoms with van der Waals surface area (Å²) in [5.41, 5.74) is 10.6. The van der Waals surface area contributed by atoms with Gasteiger partial charge in [0, 0.05) is 43.7 Å². The minimum absolute atomic E-state index is 0.0757. The van der Waals surface area contributed by atoms with Gasteiger partial charge in [0.1, 0.15) is 6.10 Å². The molecule has 3 aromatic heterocycles. The molecule has 4 atom stereocenters. The first-order chi connectivity index (χ1) is 23.8. The van der Waals surface area contributed by atoms with Crippen molar-refractivity contribution in [2.24, 2.45) is 5.73 Å². The van der Waals surface area contributed by atoms with Crippen LogP contribution < -0.4 is 16.4 Å². The molecule has 0 radical (unpaired) electrons. The number of hydrogen-bond acceptors (Lipinski definition) is 10. The molecule has 1 fully saturated rings. The molecule has 0 bridgehead atoms. The fraction of sp³-hybridized carbons (Fsp3) is 0.382. The molecule has 0 saturated heterocycles. The Balaban J connectivity index is 0.000000630. The third-order valence-corrected chi connectivity index (χ3v) is 8.51. The van der Waals surface area contributed by atoms with Crippen LogP contribution in [0.2, 0.25) is 0 Å². The number of carboxylic acids is 1. The molecule has 2 aromatic carbocycles. The molecular formula is C34H40F3N9O4. The number of aromatic nitrogens is 6. The van der Waals surface area contributed by atoms with E-state index in [0.29, 0.717) is 54.9 Å². The van der Waals surface area contributed by atoms with Gasteiger partial charge in [0.2, 0.25) is 5.95 Å². The lowest BCUT2D eigenvalue weighted by atomic mass is 9.91. The number of nitrogens with two attached hydrogens (primary N) is 1. The Bertz CT molecular complexity index is 1810. The molecular weight excluding hydrogens is 655 g/mol. The number of carboxylic acid groups (broad SMARTS) is 1. The Hall–Kier alpha value is -5.06. The van der Waals surface area contributed by atoms with Crippen LogP contribution in [0.4, 0.5) is 24.9 Å². The highest BCUT2D eigenvalue weighted by Crippen LogP contribution is 2.34. The normalized spacial score (nSPS) is 19.1. The first kappa shape index (κ1) is 36.2. The smallest absolute Gasteiger partial charge is 0.475 e. The van der Waals surface area contributed by atoms with Crippen LogP contribution in [-0.2, 0) is 11.2 Å². The third kappa shape index (κ3) is 8.56. The highest BCUT2D eigenvalue weighted by molar-refractivity contribution is 5.84. The van der Waals surface area contributed by atoms with Gasteiger partial charge in [-0.25, -0.2) is 14.8 Å². The second-order valence-electron chi connectivity index (χ2n) is 12.3. The van der Waals surface area contributed by atoms with Gasteiger partial charge < -0.3 is 40.8 Å². The van der Waals surface area contributed by atoms with Crippen molar-refractivity contribution >= 4 is 28.9 Å². The van der Waals surface area contributed by atoms with Crippen molar-refractivity contribution in [2.75, 3.05) is 23.7 Å². The minimum atomic E-state index is -5.08. The van der Waals surface area contributed by atoms with Gasteiger partial charge in [-0.1, -0.05) is 60.7 Å². The first-order valence-electron chi connectivity index (χ1n) is 16.1. The van der Waals surface area contributed by atoms with E-state index in [1.165, 1.54) is 11.1 Å². The number of aliphatic hydroxyl groups is 2. The molecule has 5 aromatic rings. The predicted octanol–water partition coefficient (Wildman–Crippen LogP) is 4.13. The predicted molar refractivity (Wildman–Crippen MR) is 181 cm³/mol. The van der Waals surface area contributed by atoms with Crippen LogP contribution >= 0.6 is 0 Å². The standard InChI is InChI=1S/C32H39N9O2.C2HF3O2/c1-20(2)40-17-23(36-18-40)13-14-34-32-38-30(27-31(39-32)41(19-37-27)26-15-25(33)28(42)29(26)43)35-16-24(21-9-5-3-6-10-21)22-11-7-4-8-12-22;3-2(4,5)1(6)7/h3-12,17-20,24-26,28-29,42-43H,13-16,33H2,1-2H3,(H2,34,35,38,39);(H,6,7)/t25-,26+,28+,29-;/m0./s1. The number of carbonyl (C=O) groups is 1. The van der Waals surface area contributed by atoms with Crippen LogP contribution in [0.5, 0.6) is 0 Å². The van der Waals surface area contributed by atoms with Crippen molar-refractivity contribution < 1.29 is 33.3 Å². The van der Waals surface area contributed by atoms with Crippen molar-refractivity contribution in [3.05, 3.63) is 96.3 Å². The second-order valence-corrected chi connectivity index (χ2v) is 12.3. The summed E-state index contributed by atoms with van der Waals surface area (Å²) >= 11 is 0. The number of alkyl halides is 3. The molecule has 0 amide bonds. The van der Waals surface area contributed by atoms with Gasteiger partial charge >= 0.3 is 12.1 Å². The lowest BCUT2D eigenvalue weighted by Gasteiger charge is -2.20. The fourth-order valence-electron chi connectivity index (χ4n) is 5.77. The van der Waals surface area contributed by atoms with Gasteiger partial charge in [0.25, 0.3) is 0 Å². The van der Waals surface area contributed by atoms with Crippen LogP contribution in [0, 0.1) is 0 Å². The fourth-order valence-corrected chi connectivity index (χ4v) is 5.77. The van der Waals surface area contributed by atoms with Gasteiger partial charge in [0.15, 0.2) is 17.0 Å². The summed E-state index contributed by atoms with van der Waals surface area (Å²) in [5, 5.41) is 35.2. The lowest BCUT2D eigenvalue weighted by Crippen LogP contribution is -2.35. The minimum Gasteiger partial charge on any atom is -0.475 e. The largest absolute Gasteiger partial charge is 0.490 e. The number of imidazole rings is 2. The summed E-state index contributed by atoms with van der Waals surface area (Å²) < 4.78 is 35.6. The molecule has 266 valence electrons. The third-order valence-electron chi connectivity index (χ3n) is 8.51. The molecule has 16 heteroatoms. The van der Waals surface area contributed by atoms with E-state index in [9.17, 15) is 23.4 Å². The van der Waals surface area contributed by atoms with E-state index in [4.69, 9.17) is 25.6 Å². The van der Waals surface area contributed by atoms with Crippen LogP contribution in [-0.4, -0.2) is 87.9 Å². The van der Waals surface area contributed by atoms with E-state index in [1.807, 2.05) is 47.3 Å². The molecule has 50 heavy (non-hydrogen) atoms. The van der Waals surface area contributed by atoms with Crippen molar-refractivity contribution in [1.29, 1.82) is 0 Å². The number of nitrogens with one attached hydrogen (secondary N) is 2. The zero-order valence-electron chi connectivity index (χ0n) is 27.4.